The second-order valence-corrected chi connectivity index (χ2v) is 2.80. The van der Waals surface area contributed by atoms with E-state index in [4.69, 9.17) is 0 Å². The Balaban J connectivity index is 0. The third-order valence-corrected chi connectivity index (χ3v) is 0.732. The molecule has 0 heterocycles. The molecule has 13 heavy (non-hydrogen) atoms. The second kappa shape index (κ2) is 9.19. The lowest BCUT2D eigenvalue weighted by molar-refractivity contribution is -0.151. The molecule has 0 fully saturated rings. The average molecular weight is 191 g/mol. The molecule has 78 valence electrons. The molecule has 0 aromatic carbocycles. The van der Waals surface area contributed by atoms with Gasteiger partial charge < -0.3 is 9.64 Å². The molecule has 0 aliphatic carbocycles. The number of esters is 1. The quantitative estimate of drug-likeness (QED) is 0.501. The summed E-state index contributed by atoms with van der Waals surface area (Å²) in [6.45, 7) is 4.69. The molecule has 0 saturated heterocycles. The average Bonchev–Trinajstić information content (AvgIpc) is 2.03. The molecule has 1 atom stereocenters. The fraction of sp³-hybridized carbons (Fsp3) is 0.667. The van der Waals surface area contributed by atoms with E-state index in [-0.39, 0.29) is 6.42 Å². The minimum Gasteiger partial charge on any atom is -0.428 e. The van der Waals surface area contributed by atoms with Crippen molar-refractivity contribution in [3.05, 3.63) is 12.7 Å². The highest BCUT2D eigenvalue weighted by atomic mass is 19.1. The molecular formula is C9H18FNO2. The summed E-state index contributed by atoms with van der Waals surface area (Å²) in [7, 11) is 6.00. The lowest BCUT2D eigenvalue weighted by Gasteiger charge is -2.02. The Hall–Kier alpha value is -0.900. The SMILES string of the molecule is C=CC(=O)OC(F)CC.CN(C)C. The molecule has 0 amide bonds. The molecule has 0 radical (unpaired) electrons. The van der Waals surface area contributed by atoms with Gasteiger partial charge in [-0.25, -0.2) is 9.18 Å². The normalized spacial score (nSPS) is 11.2. The predicted molar refractivity (Wildman–Crippen MR) is 51.1 cm³/mol. The molecule has 0 aliphatic rings. The minimum atomic E-state index is -1.49. The first-order chi connectivity index (χ1) is 5.93. The van der Waals surface area contributed by atoms with Crippen LogP contribution in [0.1, 0.15) is 13.3 Å². The Morgan fingerprint density at radius 1 is 1.62 bits per heavy atom. The molecule has 0 aromatic rings. The predicted octanol–water partition coefficient (Wildman–Crippen LogP) is 1.60. The van der Waals surface area contributed by atoms with Crippen molar-refractivity contribution >= 4 is 5.97 Å². The summed E-state index contributed by atoms with van der Waals surface area (Å²) in [5.41, 5.74) is 0. The van der Waals surface area contributed by atoms with E-state index in [2.05, 4.69) is 11.3 Å². The Bertz CT molecular complexity index is 146. The summed E-state index contributed by atoms with van der Waals surface area (Å²) < 4.78 is 16.2. The van der Waals surface area contributed by atoms with Gasteiger partial charge in [-0.3, -0.25) is 0 Å². The summed E-state index contributed by atoms with van der Waals surface area (Å²) in [4.78, 5) is 12.2. The van der Waals surface area contributed by atoms with Gasteiger partial charge in [0.25, 0.3) is 0 Å². The maximum Gasteiger partial charge on any atom is 0.332 e. The minimum absolute atomic E-state index is 0.180. The molecule has 3 nitrogen and oxygen atoms in total. The van der Waals surface area contributed by atoms with Crippen LogP contribution in [0.5, 0.6) is 0 Å². The van der Waals surface area contributed by atoms with Crippen molar-refractivity contribution in [1.29, 1.82) is 0 Å². The largest absolute Gasteiger partial charge is 0.428 e. The van der Waals surface area contributed by atoms with E-state index >= 15 is 0 Å². The first kappa shape index (κ1) is 14.6. The van der Waals surface area contributed by atoms with Crippen LogP contribution in [0.3, 0.4) is 0 Å². The van der Waals surface area contributed by atoms with Gasteiger partial charge in [0.2, 0.25) is 6.36 Å². The van der Waals surface area contributed by atoms with Crippen molar-refractivity contribution in [2.45, 2.75) is 19.7 Å². The Morgan fingerprint density at radius 2 is 2.00 bits per heavy atom. The van der Waals surface area contributed by atoms with Crippen LogP contribution >= 0.6 is 0 Å². The fourth-order valence-electron chi connectivity index (χ4n) is 0.257. The van der Waals surface area contributed by atoms with Gasteiger partial charge in [-0.1, -0.05) is 13.5 Å². The zero-order chi connectivity index (χ0) is 10.9. The molecule has 0 aromatic heterocycles. The highest BCUT2D eigenvalue weighted by molar-refractivity contribution is 5.81. The number of ether oxygens (including phenoxy) is 1. The van der Waals surface area contributed by atoms with Crippen molar-refractivity contribution < 1.29 is 13.9 Å². The Kier molecular flexibility index (Phi) is 10.3. The Labute approximate surface area is 79.2 Å². The zero-order valence-electron chi connectivity index (χ0n) is 8.71. The van der Waals surface area contributed by atoms with Crippen molar-refractivity contribution in [2.24, 2.45) is 0 Å². The summed E-state index contributed by atoms with van der Waals surface area (Å²) in [6.07, 6.45) is -0.377. The van der Waals surface area contributed by atoms with Gasteiger partial charge in [0.15, 0.2) is 0 Å². The summed E-state index contributed by atoms with van der Waals surface area (Å²) >= 11 is 0. The number of hydrogen-bond donors (Lipinski definition) is 0. The molecule has 1 unspecified atom stereocenters. The van der Waals surface area contributed by atoms with E-state index in [1.807, 2.05) is 26.0 Å². The van der Waals surface area contributed by atoms with Crippen LogP contribution in [0.15, 0.2) is 12.7 Å². The third-order valence-electron chi connectivity index (χ3n) is 0.732. The van der Waals surface area contributed by atoms with Crippen LogP contribution in [0.25, 0.3) is 0 Å². The summed E-state index contributed by atoms with van der Waals surface area (Å²) in [6, 6.07) is 0. The van der Waals surface area contributed by atoms with Crippen molar-refractivity contribution in [1.82, 2.24) is 4.90 Å². The summed E-state index contributed by atoms with van der Waals surface area (Å²) in [5.74, 6) is -0.718. The highest BCUT2D eigenvalue weighted by Crippen LogP contribution is 1.98. The van der Waals surface area contributed by atoms with Crippen molar-refractivity contribution in [3.8, 4) is 0 Å². The van der Waals surface area contributed by atoms with Crippen LogP contribution in [0.2, 0.25) is 0 Å². The van der Waals surface area contributed by atoms with E-state index in [1.165, 1.54) is 0 Å². The van der Waals surface area contributed by atoms with Gasteiger partial charge in [0, 0.05) is 12.5 Å². The van der Waals surface area contributed by atoms with Crippen LogP contribution < -0.4 is 0 Å². The van der Waals surface area contributed by atoms with E-state index in [1.54, 1.807) is 6.92 Å². The topological polar surface area (TPSA) is 29.5 Å². The number of carbonyl (C=O) groups excluding carboxylic acids is 1. The van der Waals surface area contributed by atoms with Crippen LogP contribution in [-0.2, 0) is 9.53 Å². The van der Waals surface area contributed by atoms with Crippen LogP contribution in [0.4, 0.5) is 4.39 Å². The lowest BCUT2D eigenvalue weighted by Crippen LogP contribution is -2.09. The smallest absolute Gasteiger partial charge is 0.332 e. The van der Waals surface area contributed by atoms with E-state index < -0.39 is 12.3 Å². The third kappa shape index (κ3) is 18.2. The molecule has 4 heteroatoms. The van der Waals surface area contributed by atoms with Gasteiger partial charge >= 0.3 is 5.97 Å². The number of alkyl halides is 1. The second-order valence-electron chi connectivity index (χ2n) is 2.80. The number of halogens is 1. The molecule has 0 rings (SSSR count). The standard InChI is InChI=1S/C6H9FO2.C3H9N/c1-3-5(7)9-6(8)4-2;1-4(2)3/h4-5H,2-3H2,1H3;1-3H3. The number of nitrogens with zero attached hydrogens (tertiary/aromatic N) is 1. The van der Waals surface area contributed by atoms with Gasteiger partial charge in [0.05, 0.1) is 0 Å². The number of carbonyl (C=O) groups is 1. The molecule has 0 N–H and O–H groups in total. The Morgan fingerprint density at radius 3 is 2.23 bits per heavy atom. The lowest BCUT2D eigenvalue weighted by atomic mass is 10.5. The first-order valence-corrected chi connectivity index (χ1v) is 4.02. The van der Waals surface area contributed by atoms with Gasteiger partial charge in [-0.15, -0.1) is 0 Å². The molecule has 0 spiro atoms. The van der Waals surface area contributed by atoms with E-state index in [0.717, 1.165) is 6.08 Å². The fourth-order valence-corrected chi connectivity index (χ4v) is 0.257. The molecule has 0 aliphatic heterocycles. The van der Waals surface area contributed by atoms with Crippen molar-refractivity contribution in [3.63, 3.8) is 0 Å². The van der Waals surface area contributed by atoms with Crippen LogP contribution in [0, 0.1) is 0 Å². The monoisotopic (exact) mass is 191 g/mol. The zero-order valence-corrected chi connectivity index (χ0v) is 8.71. The van der Waals surface area contributed by atoms with Gasteiger partial charge in [0.1, 0.15) is 0 Å². The number of rotatable bonds is 3. The molecule has 0 bridgehead atoms. The first-order valence-electron chi connectivity index (χ1n) is 4.02. The van der Waals surface area contributed by atoms with Gasteiger partial charge in [-0.2, -0.15) is 0 Å². The van der Waals surface area contributed by atoms with Crippen molar-refractivity contribution in [2.75, 3.05) is 21.1 Å². The maximum atomic E-state index is 12.1. The van der Waals surface area contributed by atoms with Crippen LogP contribution in [-0.4, -0.2) is 38.4 Å². The van der Waals surface area contributed by atoms with E-state index in [0.29, 0.717) is 0 Å². The molecular weight excluding hydrogens is 173 g/mol. The molecule has 0 saturated carbocycles. The maximum absolute atomic E-state index is 12.1. The number of hydrogen-bond acceptors (Lipinski definition) is 3. The highest BCUT2D eigenvalue weighted by Gasteiger charge is 2.05. The van der Waals surface area contributed by atoms with Gasteiger partial charge in [-0.05, 0) is 21.1 Å². The summed E-state index contributed by atoms with van der Waals surface area (Å²) in [5, 5.41) is 0. The van der Waals surface area contributed by atoms with E-state index in [9.17, 15) is 9.18 Å².